The molecule has 0 amide bonds. The fourth-order valence-corrected chi connectivity index (χ4v) is 7.07. The maximum Gasteiger partial charge on any atom is 0.232 e. The van der Waals surface area contributed by atoms with Gasteiger partial charge in [-0.2, -0.15) is 0 Å². The van der Waals surface area contributed by atoms with E-state index in [1.165, 1.54) is 0 Å². The van der Waals surface area contributed by atoms with Crippen LogP contribution in [0.15, 0.2) is 145 Å². The molecule has 9 rings (SSSR count). The molecule has 48 heavy (non-hydrogen) atoms. The molecule has 6 heteroatoms. The molecule has 6 aromatic carbocycles. The van der Waals surface area contributed by atoms with Crippen LogP contribution in [0.2, 0.25) is 0 Å². The van der Waals surface area contributed by atoms with Crippen LogP contribution in [0.5, 0.6) is 0 Å². The second kappa shape index (κ2) is 10.4. The van der Waals surface area contributed by atoms with Gasteiger partial charge < -0.3 is 20.2 Å². The highest BCUT2D eigenvalue weighted by atomic mass is 16.3. The standard InChI is InChI=1S/C42H26N2O4/c45-39-35(33-29-13-5-7-15-31(29)43-37(33)27-19-17-23-9-1-3-11-25(23)21-27)40(46)42(48)36(41(39)47)34-30-14-6-8-16-32(30)44-38(34)28-20-18-24-10-2-4-12-26(24)22-28/h1-22,43-45,48H. The predicted octanol–water partition coefficient (Wildman–Crippen LogP) is 9.68. The number of aromatic amines is 2. The number of Topliss-reactive ketones (excluding diaryl/α,β-unsaturated/α-hetero) is 2. The van der Waals surface area contributed by atoms with Gasteiger partial charge >= 0.3 is 0 Å². The molecule has 0 saturated heterocycles. The lowest BCUT2D eigenvalue weighted by Crippen LogP contribution is -2.23. The van der Waals surface area contributed by atoms with Crippen molar-refractivity contribution in [2.75, 3.05) is 0 Å². The summed E-state index contributed by atoms with van der Waals surface area (Å²) in [6.45, 7) is 0. The van der Waals surface area contributed by atoms with Crippen molar-refractivity contribution in [3.05, 3.63) is 156 Å². The number of hydrogen-bond donors (Lipinski definition) is 4. The Hall–Kier alpha value is -6.66. The van der Waals surface area contributed by atoms with E-state index >= 15 is 0 Å². The average molecular weight is 623 g/mol. The van der Waals surface area contributed by atoms with Crippen LogP contribution in [0, 0.1) is 0 Å². The predicted molar refractivity (Wildman–Crippen MR) is 192 cm³/mol. The van der Waals surface area contributed by atoms with Gasteiger partial charge in [0.05, 0.1) is 22.5 Å². The van der Waals surface area contributed by atoms with Crippen LogP contribution >= 0.6 is 0 Å². The fourth-order valence-electron chi connectivity index (χ4n) is 7.07. The summed E-state index contributed by atoms with van der Waals surface area (Å²) in [4.78, 5) is 35.6. The highest BCUT2D eigenvalue weighted by molar-refractivity contribution is 6.49. The molecule has 0 bridgehead atoms. The molecule has 0 spiro atoms. The van der Waals surface area contributed by atoms with Crippen molar-refractivity contribution in [3.63, 3.8) is 0 Å². The minimum atomic E-state index is -0.830. The van der Waals surface area contributed by atoms with Gasteiger partial charge in [0.1, 0.15) is 0 Å². The molecule has 4 N–H and O–H groups in total. The Morgan fingerprint density at radius 2 is 0.792 bits per heavy atom. The van der Waals surface area contributed by atoms with E-state index in [1.807, 2.05) is 133 Å². The smallest absolute Gasteiger partial charge is 0.232 e. The number of allylic oxidation sites excluding steroid dienone is 2. The Labute approximate surface area is 273 Å². The number of nitrogens with one attached hydrogen (secondary N) is 2. The minimum Gasteiger partial charge on any atom is -0.504 e. The zero-order chi connectivity index (χ0) is 32.5. The third-order valence-corrected chi connectivity index (χ3v) is 9.35. The van der Waals surface area contributed by atoms with Crippen molar-refractivity contribution in [3.8, 4) is 22.5 Å². The van der Waals surface area contributed by atoms with Crippen LogP contribution < -0.4 is 0 Å². The minimum absolute atomic E-state index is 0.242. The fraction of sp³-hybridized carbons (Fsp3) is 0. The molecule has 1 aliphatic carbocycles. The summed E-state index contributed by atoms with van der Waals surface area (Å²) in [5.74, 6) is -3.09. The SMILES string of the molecule is O=C1C(O)=C(c2c(-c3ccc4ccccc4c3)[nH]c3ccccc23)C(=O)C(O)=C1c1c(-c2ccc3ccccc3c2)[nH]c2ccccc12. The summed E-state index contributed by atoms with van der Waals surface area (Å²) >= 11 is 0. The Morgan fingerprint density at radius 3 is 1.23 bits per heavy atom. The second-order valence-corrected chi connectivity index (χ2v) is 12.1. The van der Waals surface area contributed by atoms with Crippen LogP contribution in [-0.4, -0.2) is 31.7 Å². The quantitative estimate of drug-likeness (QED) is 0.147. The molecule has 0 saturated carbocycles. The van der Waals surface area contributed by atoms with Crippen molar-refractivity contribution in [1.82, 2.24) is 9.97 Å². The number of hydrogen-bond acceptors (Lipinski definition) is 4. The van der Waals surface area contributed by atoms with Crippen molar-refractivity contribution in [2.24, 2.45) is 0 Å². The van der Waals surface area contributed by atoms with E-state index in [0.717, 1.165) is 43.7 Å². The number of fused-ring (bicyclic) bond motifs is 4. The maximum atomic E-state index is 14.4. The number of para-hydroxylation sites is 2. The van der Waals surface area contributed by atoms with Crippen molar-refractivity contribution in [2.45, 2.75) is 0 Å². The highest BCUT2D eigenvalue weighted by Gasteiger charge is 2.40. The lowest BCUT2D eigenvalue weighted by Gasteiger charge is -2.20. The summed E-state index contributed by atoms with van der Waals surface area (Å²) in [6.07, 6.45) is 0. The number of aromatic nitrogens is 2. The number of aliphatic hydroxyl groups excluding tert-OH is 2. The second-order valence-electron chi connectivity index (χ2n) is 12.1. The summed E-state index contributed by atoms with van der Waals surface area (Å²) in [5.41, 5.74) is 4.33. The van der Waals surface area contributed by atoms with Crippen LogP contribution in [0.25, 0.3) is 77.0 Å². The van der Waals surface area contributed by atoms with Gasteiger partial charge in [0, 0.05) is 32.9 Å². The van der Waals surface area contributed by atoms with E-state index in [-0.39, 0.29) is 11.1 Å². The Morgan fingerprint density at radius 1 is 0.417 bits per heavy atom. The van der Waals surface area contributed by atoms with Crippen molar-refractivity contribution >= 4 is 66.1 Å². The van der Waals surface area contributed by atoms with Gasteiger partial charge in [0.15, 0.2) is 11.5 Å². The first-order valence-electron chi connectivity index (χ1n) is 15.6. The van der Waals surface area contributed by atoms with Gasteiger partial charge in [-0.3, -0.25) is 9.59 Å². The maximum absolute atomic E-state index is 14.4. The normalized spacial score (nSPS) is 13.9. The molecule has 0 radical (unpaired) electrons. The summed E-state index contributed by atoms with van der Waals surface area (Å²) in [7, 11) is 0. The molecule has 1 aliphatic rings. The third kappa shape index (κ3) is 4.06. The number of carbonyl (C=O) groups is 2. The summed E-state index contributed by atoms with van der Waals surface area (Å²) in [6, 6.07) is 42.6. The number of carbonyl (C=O) groups excluding carboxylic acids is 2. The van der Waals surface area contributed by atoms with Crippen molar-refractivity contribution in [1.29, 1.82) is 0 Å². The molecule has 2 heterocycles. The lowest BCUT2D eigenvalue weighted by atomic mass is 9.83. The number of rotatable bonds is 4. The van der Waals surface area contributed by atoms with E-state index in [2.05, 4.69) is 9.97 Å². The first-order chi connectivity index (χ1) is 23.5. The van der Waals surface area contributed by atoms with Gasteiger partial charge in [0.25, 0.3) is 0 Å². The van der Waals surface area contributed by atoms with Crippen LogP contribution in [0.4, 0.5) is 0 Å². The summed E-state index contributed by atoms with van der Waals surface area (Å²) < 4.78 is 0. The van der Waals surface area contributed by atoms with E-state index in [4.69, 9.17) is 0 Å². The average Bonchev–Trinajstić information content (AvgIpc) is 3.70. The molecular weight excluding hydrogens is 596 g/mol. The number of ketones is 2. The van der Waals surface area contributed by atoms with Gasteiger partial charge in [0.2, 0.25) is 11.6 Å². The largest absolute Gasteiger partial charge is 0.504 e. The highest BCUT2D eigenvalue weighted by Crippen LogP contribution is 2.45. The Bertz CT molecular complexity index is 2550. The summed E-state index contributed by atoms with van der Waals surface area (Å²) in [5, 5.41) is 28.9. The number of aliphatic hydroxyl groups is 2. The molecule has 0 aliphatic heterocycles. The van der Waals surface area contributed by atoms with Crippen LogP contribution in [0.3, 0.4) is 0 Å². The van der Waals surface area contributed by atoms with Crippen LogP contribution in [-0.2, 0) is 9.59 Å². The topological polar surface area (TPSA) is 106 Å². The number of H-pyrrole nitrogens is 2. The molecule has 0 atom stereocenters. The molecule has 6 nitrogen and oxygen atoms in total. The van der Waals surface area contributed by atoms with E-state index < -0.39 is 23.1 Å². The number of benzene rings is 6. The monoisotopic (exact) mass is 622 g/mol. The van der Waals surface area contributed by atoms with E-state index in [9.17, 15) is 19.8 Å². The first-order valence-corrected chi connectivity index (χ1v) is 15.6. The Kier molecular flexibility index (Phi) is 6.01. The molecule has 8 aromatic rings. The molecule has 2 aromatic heterocycles. The van der Waals surface area contributed by atoms with Crippen molar-refractivity contribution < 1.29 is 19.8 Å². The van der Waals surface area contributed by atoms with E-state index in [1.54, 1.807) is 0 Å². The van der Waals surface area contributed by atoms with Gasteiger partial charge in [-0.25, -0.2) is 0 Å². The molecule has 228 valence electrons. The molecule has 0 fully saturated rings. The molecule has 0 unspecified atom stereocenters. The third-order valence-electron chi connectivity index (χ3n) is 9.35. The molecular formula is C42H26N2O4. The van der Waals surface area contributed by atoms with Gasteiger partial charge in [-0.15, -0.1) is 0 Å². The van der Waals surface area contributed by atoms with E-state index in [0.29, 0.717) is 33.3 Å². The van der Waals surface area contributed by atoms with Gasteiger partial charge in [-0.05, 0) is 56.9 Å². The first kappa shape index (κ1) is 27.6. The Balaban J connectivity index is 1.26. The zero-order valence-electron chi connectivity index (χ0n) is 25.4. The zero-order valence-corrected chi connectivity index (χ0v) is 25.4. The lowest BCUT2D eigenvalue weighted by molar-refractivity contribution is -0.116. The van der Waals surface area contributed by atoms with Crippen LogP contribution in [0.1, 0.15) is 11.1 Å². The van der Waals surface area contributed by atoms with Gasteiger partial charge in [-0.1, -0.05) is 109 Å².